The van der Waals surface area contributed by atoms with Crippen molar-refractivity contribution in [2.75, 3.05) is 18.1 Å². The molecule has 15 heavy (non-hydrogen) atoms. The van der Waals surface area contributed by atoms with Crippen molar-refractivity contribution in [3.8, 4) is 0 Å². The zero-order valence-electron chi connectivity index (χ0n) is 9.19. The van der Waals surface area contributed by atoms with E-state index in [1.165, 1.54) is 11.5 Å². The predicted octanol–water partition coefficient (Wildman–Crippen LogP) is 1.68. The molecule has 0 aromatic heterocycles. The summed E-state index contributed by atoms with van der Waals surface area (Å²) in [5.41, 5.74) is 0. The van der Waals surface area contributed by atoms with Gasteiger partial charge in [-0.25, -0.2) is 0 Å². The summed E-state index contributed by atoms with van der Waals surface area (Å²) in [5.74, 6) is 2.18. The molecule has 2 bridgehead atoms. The number of nitrogens with zero attached hydrogens (tertiary/aromatic N) is 1. The van der Waals surface area contributed by atoms with Crippen molar-refractivity contribution < 1.29 is 9.90 Å². The molecule has 2 atom stereocenters. The number of fused-ring (bicyclic) bond motifs is 2. The maximum Gasteiger partial charge on any atom is 0.303 e. The first-order valence-electron chi connectivity index (χ1n) is 5.76. The van der Waals surface area contributed by atoms with E-state index in [1.54, 1.807) is 0 Å². The molecular formula is C11H19NO2S. The Kier molecular flexibility index (Phi) is 3.57. The second-order valence-electron chi connectivity index (χ2n) is 4.61. The Morgan fingerprint density at radius 3 is 2.47 bits per heavy atom. The van der Waals surface area contributed by atoms with Crippen LogP contribution in [0.1, 0.15) is 26.2 Å². The fourth-order valence-corrected chi connectivity index (χ4v) is 4.37. The molecule has 2 aliphatic heterocycles. The minimum Gasteiger partial charge on any atom is -0.481 e. The Labute approximate surface area is 95.2 Å². The molecule has 2 rings (SSSR count). The van der Waals surface area contributed by atoms with Gasteiger partial charge in [-0.05, 0) is 25.3 Å². The van der Waals surface area contributed by atoms with Crippen LogP contribution in [0.4, 0.5) is 0 Å². The van der Waals surface area contributed by atoms with Crippen LogP contribution >= 0.6 is 11.8 Å². The monoisotopic (exact) mass is 229 g/mol. The summed E-state index contributed by atoms with van der Waals surface area (Å²) in [6, 6.07) is 1.27. The van der Waals surface area contributed by atoms with E-state index < -0.39 is 5.97 Å². The number of rotatable bonds is 3. The molecule has 2 fully saturated rings. The largest absolute Gasteiger partial charge is 0.481 e. The topological polar surface area (TPSA) is 40.5 Å². The van der Waals surface area contributed by atoms with Gasteiger partial charge in [0.15, 0.2) is 0 Å². The van der Waals surface area contributed by atoms with E-state index in [0.717, 1.165) is 19.4 Å². The van der Waals surface area contributed by atoms with Crippen LogP contribution in [0.3, 0.4) is 0 Å². The molecule has 1 N–H and O–H groups in total. The third-order valence-corrected chi connectivity index (χ3v) is 4.84. The van der Waals surface area contributed by atoms with Gasteiger partial charge >= 0.3 is 5.97 Å². The third kappa shape index (κ3) is 2.48. The number of piperidine rings is 1. The molecule has 0 spiro atoms. The molecule has 0 saturated carbocycles. The van der Waals surface area contributed by atoms with Crippen LogP contribution < -0.4 is 0 Å². The number of aliphatic carboxylic acids is 1. The lowest BCUT2D eigenvalue weighted by molar-refractivity contribution is -0.138. The van der Waals surface area contributed by atoms with Crippen LogP contribution in [0.2, 0.25) is 0 Å². The summed E-state index contributed by atoms with van der Waals surface area (Å²) in [6.07, 6.45) is 2.54. The smallest absolute Gasteiger partial charge is 0.303 e. The maximum atomic E-state index is 10.7. The van der Waals surface area contributed by atoms with Crippen molar-refractivity contribution in [1.29, 1.82) is 0 Å². The van der Waals surface area contributed by atoms with Gasteiger partial charge in [-0.3, -0.25) is 9.69 Å². The van der Waals surface area contributed by atoms with E-state index in [0.29, 0.717) is 24.4 Å². The van der Waals surface area contributed by atoms with E-state index in [4.69, 9.17) is 5.11 Å². The molecule has 0 radical (unpaired) electrons. The van der Waals surface area contributed by atoms with E-state index in [-0.39, 0.29) is 0 Å². The van der Waals surface area contributed by atoms with Crippen molar-refractivity contribution in [1.82, 2.24) is 4.90 Å². The second kappa shape index (κ2) is 4.74. The minimum absolute atomic E-state index is 0.370. The molecule has 3 nitrogen and oxygen atoms in total. The number of hydrogen-bond donors (Lipinski definition) is 1. The zero-order valence-corrected chi connectivity index (χ0v) is 10.0. The molecule has 4 heteroatoms. The minimum atomic E-state index is -0.629. The first-order chi connectivity index (χ1) is 7.20. The highest BCUT2D eigenvalue weighted by Crippen LogP contribution is 2.36. The van der Waals surface area contributed by atoms with Gasteiger partial charge in [-0.2, -0.15) is 11.8 Å². The standard InChI is InChI=1S/C11H19NO2S/c1-2-12-9-3-8(5-11(13)14)4-10(12)7-15-6-9/h8-10H,2-7H2,1H3,(H,13,14). The first kappa shape index (κ1) is 11.3. The fourth-order valence-electron chi connectivity index (χ4n) is 3.03. The molecule has 0 aromatic rings. The molecular weight excluding hydrogens is 210 g/mol. The van der Waals surface area contributed by atoms with E-state index in [2.05, 4.69) is 11.8 Å². The molecule has 2 unspecified atom stereocenters. The van der Waals surface area contributed by atoms with E-state index in [1.807, 2.05) is 11.8 Å². The number of carboxylic acids is 1. The molecule has 0 aromatic carbocycles. The number of thioether (sulfide) groups is 1. The molecule has 2 heterocycles. The van der Waals surface area contributed by atoms with Gasteiger partial charge < -0.3 is 5.11 Å². The normalized spacial score (nSPS) is 36.5. The summed E-state index contributed by atoms with van der Waals surface area (Å²) in [7, 11) is 0. The highest BCUT2D eigenvalue weighted by atomic mass is 32.2. The SMILES string of the molecule is CCN1C2CSCC1CC(CC(=O)O)C2. The fraction of sp³-hybridized carbons (Fsp3) is 0.909. The molecule has 0 aliphatic carbocycles. The summed E-state index contributed by atoms with van der Waals surface area (Å²) in [4.78, 5) is 13.3. The van der Waals surface area contributed by atoms with Crippen LogP contribution in [-0.2, 0) is 4.79 Å². The van der Waals surface area contributed by atoms with E-state index in [9.17, 15) is 4.79 Å². The summed E-state index contributed by atoms with van der Waals surface area (Å²) in [6.45, 7) is 3.34. The van der Waals surface area contributed by atoms with Crippen LogP contribution in [0, 0.1) is 5.92 Å². The number of hydrogen-bond acceptors (Lipinski definition) is 3. The van der Waals surface area contributed by atoms with Gasteiger partial charge in [0, 0.05) is 30.0 Å². The van der Waals surface area contributed by atoms with Crippen LogP contribution in [0.25, 0.3) is 0 Å². The average molecular weight is 229 g/mol. The van der Waals surface area contributed by atoms with Crippen LogP contribution in [0.5, 0.6) is 0 Å². The predicted molar refractivity (Wildman–Crippen MR) is 62.3 cm³/mol. The number of carbonyl (C=O) groups is 1. The second-order valence-corrected chi connectivity index (χ2v) is 5.69. The third-order valence-electron chi connectivity index (χ3n) is 3.60. The Bertz CT molecular complexity index is 233. The lowest BCUT2D eigenvalue weighted by Crippen LogP contribution is -2.54. The van der Waals surface area contributed by atoms with Gasteiger partial charge in [0.1, 0.15) is 0 Å². The highest BCUT2D eigenvalue weighted by molar-refractivity contribution is 7.99. The van der Waals surface area contributed by atoms with Gasteiger partial charge in [0.25, 0.3) is 0 Å². The van der Waals surface area contributed by atoms with Crippen molar-refractivity contribution >= 4 is 17.7 Å². The van der Waals surface area contributed by atoms with Crippen LogP contribution in [0.15, 0.2) is 0 Å². The Morgan fingerprint density at radius 1 is 1.40 bits per heavy atom. The van der Waals surface area contributed by atoms with Gasteiger partial charge in [-0.15, -0.1) is 0 Å². The molecule has 0 amide bonds. The Hall–Kier alpha value is -0.220. The Morgan fingerprint density at radius 2 is 2.00 bits per heavy atom. The molecule has 86 valence electrons. The van der Waals surface area contributed by atoms with Gasteiger partial charge in [0.2, 0.25) is 0 Å². The van der Waals surface area contributed by atoms with Gasteiger partial charge in [0.05, 0.1) is 0 Å². The lowest BCUT2D eigenvalue weighted by Gasteiger charge is -2.48. The first-order valence-corrected chi connectivity index (χ1v) is 6.91. The van der Waals surface area contributed by atoms with Crippen molar-refractivity contribution in [2.24, 2.45) is 5.92 Å². The zero-order chi connectivity index (χ0) is 10.8. The van der Waals surface area contributed by atoms with Crippen molar-refractivity contribution in [3.05, 3.63) is 0 Å². The van der Waals surface area contributed by atoms with Gasteiger partial charge in [-0.1, -0.05) is 6.92 Å². The van der Waals surface area contributed by atoms with E-state index >= 15 is 0 Å². The number of carboxylic acid groups (broad SMARTS) is 1. The Balaban J connectivity index is 1.98. The van der Waals surface area contributed by atoms with Crippen molar-refractivity contribution in [3.63, 3.8) is 0 Å². The molecule has 2 saturated heterocycles. The lowest BCUT2D eigenvalue weighted by atomic mass is 9.84. The summed E-state index contributed by atoms with van der Waals surface area (Å²) in [5, 5.41) is 8.83. The summed E-state index contributed by atoms with van der Waals surface area (Å²) < 4.78 is 0. The average Bonchev–Trinajstić information content (AvgIpc) is 2.15. The van der Waals surface area contributed by atoms with Crippen LogP contribution in [-0.4, -0.2) is 46.1 Å². The highest BCUT2D eigenvalue weighted by Gasteiger charge is 2.38. The maximum absolute atomic E-state index is 10.7. The van der Waals surface area contributed by atoms with Crippen molar-refractivity contribution in [2.45, 2.75) is 38.3 Å². The summed E-state index contributed by atoms with van der Waals surface area (Å²) >= 11 is 2.04. The quantitative estimate of drug-likeness (QED) is 0.799. The molecule has 2 aliphatic rings.